The Hall–Kier alpha value is -2.52. The van der Waals surface area contributed by atoms with Crippen LogP contribution in [-0.2, 0) is 9.59 Å². The third kappa shape index (κ3) is 3.47. The quantitative estimate of drug-likeness (QED) is 0.176. The van der Waals surface area contributed by atoms with E-state index in [1.165, 1.54) is 27.6 Å². The second-order valence-electron chi connectivity index (χ2n) is 7.26. The van der Waals surface area contributed by atoms with Gasteiger partial charge < -0.3 is 5.11 Å². The van der Waals surface area contributed by atoms with Crippen LogP contribution in [0.25, 0.3) is 16.0 Å². The number of carbonyl (C=O) groups excluding carboxylic acids is 2. The molecule has 32 heavy (non-hydrogen) atoms. The van der Waals surface area contributed by atoms with Gasteiger partial charge in [0.2, 0.25) is 0 Å². The number of rotatable bonds is 3. The fourth-order valence-corrected chi connectivity index (χ4v) is 6.02. The van der Waals surface area contributed by atoms with E-state index >= 15 is 0 Å². The van der Waals surface area contributed by atoms with Gasteiger partial charge in [0.1, 0.15) is 11.8 Å². The number of benzene rings is 2. The van der Waals surface area contributed by atoms with Crippen LogP contribution in [0.4, 0.5) is 5.13 Å². The van der Waals surface area contributed by atoms with Crippen molar-refractivity contribution in [3.63, 3.8) is 0 Å². The van der Waals surface area contributed by atoms with E-state index in [2.05, 4.69) is 20.9 Å². The topological polar surface area (TPSA) is 70.5 Å². The first-order valence-corrected chi connectivity index (χ1v) is 12.4. The number of thiophene rings is 1. The summed E-state index contributed by atoms with van der Waals surface area (Å²) in [4.78, 5) is 33.1. The van der Waals surface area contributed by atoms with Crippen LogP contribution in [0, 0.1) is 6.92 Å². The molecule has 0 bridgehead atoms. The maximum atomic E-state index is 13.2. The highest BCUT2D eigenvalue weighted by atomic mass is 79.9. The predicted octanol–water partition coefficient (Wildman–Crippen LogP) is 6.71. The lowest BCUT2D eigenvalue weighted by Crippen LogP contribution is -2.28. The molecule has 0 aliphatic carbocycles. The van der Waals surface area contributed by atoms with E-state index in [0.29, 0.717) is 21.2 Å². The number of hydrogen-bond donors (Lipinski definition) is 1. The van der Waals surface area contributed by atoms with E-state index in [1.807, 2.05) is 24.4 Å². The van der Waals surface area contributed by atoms with Gasteiger partial charge in [0.15, 0.2) is 5.13 Å². The molecule has 1 fully saturated rings. The zero-order chi connectivity index (χ0) is 22.6. The highest BCUT2D eigenvalue weighted by Gasteiger charge is 2.48. The van der Waals surface area contributed by atoms with Crippen molar-refractivity contribution in [2.24, 2.45) is 0 Å². The first kappa shape index (κ1) is 21.3. The van der Waals surface area contributed by atoms with Crippen LogP contribution in [-0.4, -0.2) is 21.8 Å². The minimum Gasteiger partial charge on any atom is -0.507 e. The second kappa shape index (κ2) is 8.12. The summed E-state index contributed by atoms with van der Waals surface area (Å²) in [6.07, 6.45) is 0. The fourth-order valence-electron chi connectivity index (χ4n) is 3.68. The van der Waals surface area contributed by atoms with Gasteiger partial charge in [-0.25, -0.2) is 4.98 Å². The molecule has 1 aliphatic heterocycles. The average Bonchev–Trinajstić information content (AvgIpc) is 3.48. The summed E-state index contributed by atoms with van der Waals surface area (Å²) in [5, 5.41) is 14.0. The number of aromatic nitrogens is 1. The average molecular weight is 546 g/mol. The zero-order valence-electron chi connectivity index (χ0n) is 16.5. The third-order valence-electron chi connectivity index (χ3n) is 5.23. The highest BCUT2D eigenvalue weighted by molar-refractivity contribution is 9.10. The smallest absolute Gasteiger partial charge is 0.301 e. The van der Waals surface area contributed by atoms with Gasteiger partial charge in [-0.1, -0.05) is 51.0 Å². The first-order chi connectivity index (χ1) is 15.3. The number of carbonyl (C=O) groups is 2. The van der Waals surface area contributed by atoms with Gasteiger partial charge in [0.25, 0.3) is 5.78 Å². The maximum absolute atomic E-state index is 13.2. The Balaban J connectivity index is 1.71. The van der Waals surface area contributed by atoms with Gasteiger partial charge in [-0.2, -0.15) is 0 Å². The van der Waals surface area contributed by atoms with Crippen molar-refractivity contribution in [1.29, 1.82) is 0 Å². The summed E-state index contributed by atoms with van der Waals surface area (Å²) >= 11 is 12.2. The molecule has 1 unspecified atom stereocenters. The number of aliphatic hydroxyl groups is 1. The SMILES string of the molecule is Cc1cc(/C(O)=C2\C(=O)C(=O)N(c3nc4ccc(Cl)cc4s3)C2c2cccs2)ccc1Br. The third-order valence-corrected chi connectivity index (χ3v) is 8.30. The van der Waals surface area contributed by atoms with E-state index in [-0.39, 0.29) is 11.3 Å². The number of amides is 1. The van der Waals surface area contributed by atoms with Gasteiger partial charge in [0.05, 0.1) is 15.8 Å². The number of fused-ring (bicyclic) bond motifs is 1. The molecule has 3 heterocycles. The van der Waals surface area contributed by atoms with Crippen LogP contribution in [0.3, 0.4) is 0 Å². The lowest BCUT2D eigenvalue weighted by atomic mass is 9.99. The summed E-state index contributed by atoms with van der Waals surface area (Å²) in [7, 11) is 0. The number of anilines is 1. The van der Waals surface area contributed by atoms with Crippen LogP contribution >= 0.6 is 50.2 Å². The maximum Gasteiger partial charge on any atom is 0.301 e. The molecule has 5 rings (SSSR count). The van der Waals surface area contributed by atoms with Gasteiger partial charge in [-0.3, -0.25) is 14.5 Å². The van der Waals surface area contributed by atoms with Crippen molar-refractivity contribution in [1.82, 2.24) is 4.98 Å². The van der Waals surface area contributed by atoms with Crippen LogP contribution in [0.1, 0.15) is 22.0 Å². The summed E-state index contributed by atoms with van der Waals surface area (Å²) in [5.74, 6) is -1.66. The summed E-state index contributed by atoms with van der Waals surface area (Å²) in [6.45, 7) is 1.89. The molecular weight excluding hydrogens is 532 g/mol. The van der Waals surface area contributed by atoms with Gasteiger partial charge in [0, 0.05) is 19.9 Å². The van der Waals surface area contributed by atoms with Gasteiger partial charge in [-0.05, 0) is 54.3 Å². The summed E-state index contributed by atoms with van der Waals surface area (Å²) in [6, 6.07) is 13.5. The monoisotopic (exact) mass is 544 g/mol. The molecule has 1 saturated heterocycles. The van der Waals surface area contributed by atoms with Crippen molar-refractivity contribution in [2.75, 3.05) is 4.90 Å². The zero-order valence-corrected chi connectivity index (χ0v) is 20.5. The largest absolute Gasteiger partial charge is 0.507 e. The molecule has 0 saturated carbocycles. The normalized spacial score (nSPS) is 18.1. The Labute approximate surface area is 204 Å². The number of aliphatic hydroxyl groups excluding tert-OH is 1. The van der Waals surface area contributed by atoms with E-state index in [0.717, 1.165) is 19.6 Å². The van der Waals surface area contributed by atoms with Crippen LogP contribution in [0.2, 0.25) is 5.02 Å². The van der Waals surface area contributed by atoms with E-state index in [9.17, 15) is 14.7 Å². The number of halogens is 2. The molecule has 0 spiro atoms. The molecule has 2 aromatic carbocycles. The number of Topliss-reactive ketones (excluding diaryl/α,β-unsaturated/α-hetero) is 1. The highest BCUT2D eigenvalue weighted by Crippen LogP contribution is 2.45. The summed E-state index contributed by atoms with van der Waals surface area (Å²) < 4.78 is 1.69. The lowest BCUT2D eigenvalue weighted by Gasteiger charge is -2.21. The molecule has 1 amide bonds. The van der Waals surface area contributed by atoms with E-state index < -0.39 is 17.7 Å². The van der Waals surface area contributed by atoms with Crippen molar-refractivity contribution in [2.45, 2.75) is 13.0 Å². The number of nitrogens with zero attached hydrogens (tertiary/aromatic N) is 2. The molecule has 0 radical (unpaired) electrons. The van der Waals surface area contributed by atoms with E-state index in [4.69, 9.17) is 11.6 Å². The number of aryl methyl sites for hydroxylation is 1. The molecule has 9 heteroatoms. The Bertz CT molecular complexity index is 1430. The summed E-state index contributed by atoms with van der Waals surface area (Å²) in [5.41, 5.74) is 2.11. The molecule has 1 aliphatic rings. The Kier molecular flexibility index (Phi) is 5.41. The minimum atomic E-state index is -0.769. The molecule has 4 aromatic rings. The molecular formula is C23H14BrClN2O3S2. The van der Waals surface area contributed by atoms with Crippen LogP contribution < -0.4 is 4.90 Å². The Morgan fingerprint density at radius 3 is 2.72 bits per heavy atom. The molecule has 1 atom stereocenters. The van der Waals surface area contributed by atoms with Crippen LogP contribution in [0.5, 0.6) is 0 Å². The lowest BCUT2D eigenvalue weighted by molar-refractivity contribution is -0.132. The second-order valence-corrected chi connectivity index (χ2v) is 10.5. The number of hydrogen-bond acceptors (Lipinski definition) is 6. The molecule has 2 aromatic heterocycles. The predicted molar refractivity (Wildman–Crippen MR) is 133 cm³/mol. The minimum absolute atomic E-state index is 0.0523. The van der Waals surface area contributed by atoms with E-state index in [1.54, 1.807) is 36.4 Å². The van der Waals surface area contributed by atoms with Gasteiger partial charge in [-0.15, -0.1) is 11.3 Å². The standard InChI is InChI=1S/C23H14BrClN2O3S2/c1-11-9-12(4-6-14(11)24)20(28)18-19(16-3-2-8-31-16)27(22(30)21(18)29)23-26-15-7-5-13(25)10-17(15)32-23/h2-10,19,28H,1H3/b20-18+. The number of ketones is 1. The van der Waals surface area contributed by atoms with Crippen molar-refractivity contribution in [3.05, 3.63) is 85.0 Å². The van der Waals surface area contributed by atoms with Crippen molar-refractivity contribution < 1.29 is 14.7 Å². The number of thiazole rings is 1. The fraction of sp³-hybridized carbons (Fsp3) is 0.0870. The Morgan fingerprint density at radius 1 is 1.19 bits per heavy atom. The molecule has 1 N–H and O–H groups in total. The Morgan fingerprint density at radius 2 is 2.00 bits per heavy atom. The van der Waals surface area contributed by atoms with Crippen molar-refractivity contribution in [3.8, 4) is 0 Å². The first-order valence-electron chi connectivity index (χ1n) is 9.52. The van der Waals surface area contributed by atoms with Gasteiger partial charge >= 0.3 is 5.91 Å². The van der Waals surface area contributed by atoms with Crippen molar-refractivity contribution >= 4 is 83.0 Å². The molecule has 5 nitrogen and oxygen atoms in total. The molecule has 160 valence electrons. The van der Waals surface area contributed by atoms with Crippen LogP contribution in [0.15, 0.2) is 64.0 Å².